The summed E-state index contributed by atoms with van der Waals surface area (Å²) in [5.74, 6) is 7.15. The third kappa shape index (κ3) is 12.1. The predicted octanol–water partition coefficient (Wildman–Crippen LogP) is 33.2. The van der Waals surface area contributed by atoms with E-state index < -0.39 is 0 Å². The Bertz CT molecular complexity index is 8130. The third-order valence-electron chi connectivity index (χ3n) is 26.2. The lowest BCUT2D eigenvalue weighted by Gasteiger charge is -2.30. The summed E-state index contributed by atoms with van der Waals surface area (Å²) in [5, 5.41) is 30.8. The summed E-state index contributed by atoms with van der Waals surface area (Å²) in [6, 6.07) is 166. The fourth-order valence-electron chi connectivity index (χ4n) is 20.7. The molecule has 0 fully saturated rings. The highest BCUT2D eigenvalue weighted by Gasteiger charge is 2.36. The fourth-order valence-corrected chi connectivity index (χ4v) is 20.7. The van der Waals surface area contributed by atoms with Gasteiger partial charge in [0.25, 0.3) is 0 Å². The Labute approximate surface area is 730 Å². The van der Waals surface area contributed by atoms with Crippen LogP contribution < -0.4 is 0 Å². The molecule has 26 rings (SSSR count). The molecule has 0 heterocycles. The van der Waals surface area contributed by atoms with Gasteiger partial charge in [-0.3, -0.25) is 4.79 Å². The molecule has 0 unspecified atom stereocenters. The number of Topliss-reactive ketones (excluding diaryl/α,β-unsaturated/α-hetero) is 1. The Morgan fingerprint density at radius 1 is 0.135 bits per heavy atom. The molecule has 0 amide bonds. The molecule has 0 N–H and O–H groups in total. The van der Waals surface area contributed by atoms with Crippen molar-refractivity contribution in [3.8, 4) is 78.6 Å². The van der Waals surface area contributed by atoms with Crippen LogP contribution in [0.1, 0.15) is 33.4 Å². The van der Waals surface area contributed by atoms with Gasteiger partial charge >= 0.3 is 0 Å². The minimum atomic E-state index is 0.0742. The van der Waals surface area contributed by atoms with E-state index in [1.165, 1.54) is 196 Å². The van der Waals surface area contributed by atoms with Crippen LogP contribution in [0.2, 0.25) is 0 Å². The molecule has 582 valence electrons. The zero-order valence-corrected chi connectivity index (χ0v) is 68.8. The summed E-state index contributed by atoms with van der Waals surface area (Å²) in [6.45, 7) is 0. The number of carbonyl (C=O) groups is 1. The molecule has 0 radical (unpaired) electrons. The van der Waals surface area contributed by atoms with Crippen molar-refractivity contribution in [1.82, 2.24) is 0 Å². The van der Waals surface area contributed by atoms with E-state index >= 15 is 0 Å². The zero-order valence-electron chi connectivity index (χ0n) is 68.8. The van der Waals surface area contributed by atoms with Gasteiger partial charge in [0, 0.05) is 33.4 Å². The maximum atomic E-state index is 14.0. The molecule has 0 aliphatic heterocycles. The molecule has 0 aromatic heterocycles. The van der Waals surface area contributed by atoms with Crippen LogP contribution in [0.4, 0.5) is 0 Å². The van der Waals surface area contributed by atoms with Gasteiger partial charge in [-0.05, 0) is 230 Å². The average Bonchev–Trinajstić information content (AvgIpc) is 0.832. The van der Waals surface area contributed by atoms with E-state index in [0.717, 1.165) is 55.7 Å². The summed E-state index contributed by atoms with van der Waals surface area (Å²) < 4.78 is 0. The van der Waals surface area contributed by atoms with Gasteiger partial charge in [-0.25, -0.2) is 0 Å². The molecule has 0 saturated heterocycles. The molecule has 0 bridgehead atoms. The summed E-state index contributed by atoms with van der Waals surface area (Å²) in [7, 11) is 0. The highest BCUT2D eigenvalue weighted by atomic mass is 16.1. The second-order valence-electron chi connectivity index (χ2n) is 33.1. The van der Waals surface area contributed by atoms with E-state index in [-0.39, 0.29) is 5.78 Å². The number of ketones is 1. The van der Waals surface area contributed by atoms with Gasteiger partial charge in [-0.2, -0.15) is 0 Å². The highest BCUT2D eigenvalue weighted by Crippen LogP contribution is 2.59. The van der Waals surface area contributed by atoms with Crippen LogP contribution in [-0.2, 0) is 4.79 Å². The van der Waals surface area contributed by atoms with E-state index in [1.807, 2.05) is 97.1 Å². The van der Waals surface area contributed by atoms with Gasteiger partial charge in [-0.1, -0.05) is 461 Å². The van der Waals surface area contributed by atoms with Gasteiger partial charge in [0.15, 0.2) is 5.78 Å². The van der Waals surface area contributed by atoms with E-state index in [9.17, 15) is 4.79 Å². The molecule has 126 heavy (non-hydrogen) atoms. The quantitative estimate of drug-likeness (QED) is 0.0985. The maximum absolute atomic E-state index is 14.0. The fraction of sp³-hybridized carbons (Fsp3) is 0. The smallest absolute Gasteiger partial charge is 0.195 e. The predicted molar refractivity (Wildman–Crippen MR) is 537 cm³/mol. The lowest BCUT2D eigenvalue weighted by Crippen LogP contribution is -2.03. The van der Waals surface area contributed by atoms with Crippen LogP contribution in [0.3, 0.4) is 0 Å². The number of carbonyl (C=O) groups excluding carboxylic acids is 1. The summed E-state index contributed by atoms with van der Waals surface area (Å²) in [6.07, 6.45) is 0. The largest absolute Gasteiger partial charge is 0.289 e. The van der Waals surface area contributed by atoms with E-state index in [0.29, 0.717) is 0 Å². The van der Waals surface area contributed by atoms with Crippen molar-refractivity contribution in [3.05, 3.63) is 494 Å². The van der Waals surface area contributed by atoms with Gasteiger partial charge in [-0.15, -0.1) is 0 Å². The van der Waals surface area contributed by atoms with Crippen LogP contribution in [0.5, 0.6) is 0 Å². The summed E-state index contributed by atoms with van der Waals surface area (Å²) >= 11 is 0. The van der Waals surface area contributed by atoms with Crippen LogP contribution in [0.15, 0.2) is 461 Å². The number of rotatable bonds is 10. The van der Waals surface area contributed by atoms with Crippen LogP contribution >= 0.6 is 0 Å². The van der Waals surface area contributed by atoms with Gasteiger partial charge < -0.3 is 0 Å². The zero-order chi connectivity index (χ0) is 83.3. The van der Waals surface area contributed by atoms with Crippen molar-refractivity contribution in [2.75, 3.05) is 0 Å². The van der Waals surface area contributed by atoms with Crippen molar-refractivity contribution in [3.63, 3.8) is 0 Å². The van der Waals surface area contributed by atoms with Gasteiger partial charge in [0.05, 0.1) is 0 Å². The molecule has 1 aliphatic carbocycles. The Morgan fingerprint density at radius 3 is 0.587 bits per heavy atom. The van der Waals surface area contributed by atoms with Crippen molar-refractivity contribution < 1.29 is 4.79 Å². The van der Waals surface area contributed by atoms with Crippen LogP contribution in [0, 0.1) is 11.8 Å². The Kier molecular flexibility index (Phi) is 17.7. The van der Waals surface area contributed by atoms with Crippen molar-refractivity contribution >= 4 is 157 Å². The van der Waals surface area contributed by atoms with Gasteiger partial charge in [0.2, 0.25) is 0 Å². The Hall–Kier alpha value is -16.6. The molecule has 25 aromatic rings. The SMILES string of the molecule is C(#Cc1ccc2ccc3cccc4ccc1c2c34)c1ccc2ccc3cccc4ccc1c2c34.O=C1C(c2ccccc2)=C(c2ccccc2)C(c2ccccc2)=C1c1ccccc1.c1ccc(-c2c(-c3ccccc3)c(-c3ccccc3)c(-c3ccc4ccc5cccc6ccc3c4c56)c(-c3ccc4ccc5cccc6ccc3c4c56)c2-c2ccccc2)cc1. The molecule has 0 spiro atoms. The first-order valence-electron chi connectivity index (χ1n) is 43.4. The standard InChI is InChI=1S/C62H38.C34H18.C29H20O/c1-5-15-39(16-6-1)57-58(40-17-7-2-8-18-40)60(42-21-11-4-12-22-42)62(52-38-34-48-30-28-44-24-14-26-46-32-36-50(52)56(48)54(44)46)61(59(57)41-19-9-3-10-20-41)51-37-33-47-29-27-43-23-13-25-45-31-35-49(51)55(47)53(43)45;1-3-23-13-15-27-11-9-21(29-19-17-25(5-1)31(23)33(27)29)7-8-22-10-12-28-16-14-24-4-2-6-26-18-20-30(22)34(28)32(24)26;30-29-27(23-17-9-3-10-18-23)25(21-13-5-1-6-14-21)26(22-15-7-2-8-16-22)28(29)24-19-11-4-12-20-24/h1-38H;1-6,9-20H;1-20H. The monoisotopic (exact) mass is 1590 g/mol. The minimum absolute atomic E-state index is 0.0742. The molecule has 0 saturated carbocycles. The molecular weight excluding hydrogens is 1520 g/mol. The molecule has 1 heteroatoms. The topological polar surface area (TPSA) is 17.1 Å². The minimum Gasteiger partial charge on any atom is -0.289 e. The molecule has 25 aromatic carbocycles. The average molecular weight is 1590 g/mol. The maximum Gasteiger partial charge on any atom is 0.195 e. The Morgan fingerprint density at radius 2 is 0.325 bits per heavy atom. The first-order valence-corrected chi connectivity index (χ1v) is 43.4. The third-order valence-corrected chi connectivity index (χ3v) is 26.2. The number of hydrogen-bond donors (Lipinski definition) is 0. The molecular formula is C125H76O. The van der Waals surface area contributed by atoms with E-state index in [4.69, 9.17) is 0 Å². The van der Waals surface area contributed by atoms with Crippen molar-refractivity contribution in [2.24, 2.45) is 0 Å². The lowest BCUT2D eigenvalue weighted by atomic mass is 9.72. The molecule has 1 nitrogen and oxygen atoms in total. The lowest BCUT2D eigenvalue weighted by molar-refractivity contribution is -0.108. The normalized spacial score (nSPS) is 12.3. The van der Waals surface area contributed by atoms with Crippen molar-refractivity contribution in [2.45, 2.75) is 0 Å². The van der Waals surface area contributed by atoms with E-state index in [2.05, 4.69) is 376 Å². The highest BCUT2D eigenvalue weighted by molar-refractivity contribution is 6.59. The van der Waals surface area contributed by atoms with Crippen LogP contribution in [-0.4, -0.2) is 5.78 Å². The number of benzene rings is 25. The first-order chi connectivity index (χ1) is 62.5. The second kappa shape index (κ2) is 30.5. The van der Waals surface area contributed by atoms with Crippen molar-refractivity contribution in [1.29, 1.82) is 0 Å². The molecule has 0 atom stereocenters. The summed E-state index contributed by atoms with van der Waals surface area (Å²) in [4.78, 5) is 14.0. The molecule has 1 aliphatic rings. The van der Waals surface area contributed by atoms with Gasteiger partial charge in [0.1, 0.15) is 0 Å². The van der Waals surface area contributed by atoms with E-state index in [1.54, 1.807) is 0 Å². The Balaban J connectivity index is 0.000000117. The first kappa shape index (κ1) is 73.3. The van der Waals surface area contributed by atoms with Crippen LogP contribution in [0.25, 0.3) is 218 Å². The number of hydrogen-bond acceptors (Lipinski definition) is 1. The second-order valence-corrected chi connectivity index (χ2v) is 33.1. The number of allylic oxidation sites excluding steroid dienone is 4. The summed E-state index contributed by atoms with van der Waals surface area (Å²) in [5.41, 5.74) is 24.2.